The molecule has 0 bridgehead atoms. The maximum atomic E-state index is 5.47. The van der Waals surface area contributed by atoms with Crippen LogP contribution in [0.4, 0.5) is 0 Å². The molecule has 0 aromatic heterocycles. The Hall–Kier alpha value is -1.02. The van der Waals surface area contributed by atoms with Crippen molar-refractivity contribution in [1.82, 2.24) is 5.32 Å². The molecule has 1 fully saturated rings. The Balaban J connectivity index is 1.93. The van der Waals surface area contributed by atoms with Crippen LogP contribution in [0.15, 0.2) is 24.3 Å². The van der Waals surface area contributed by atoms with E-state index in [-0.39, 0.29) is 0 Å². The van der Waals surface area contributed by atoms with Crippen molar-refractivity contribution >= 4 is 0 Å². The van der Waals surface area contributed by atoms with E-state index < -0.39 is 0 Å². The molecule has 2 nitrogen and oxygen atoms in total. The Bertz CT molecular complexity index is 377. The highest BCUT2D eigenvalue weighted by molar-refractivity contribution is 5.33. The molecule has 2 unspecified atom stereocenters. The van der Waals surface area contributed by atoms with Gasteiger partial charge in [-0.3, -0.25) is 0 Å². The summed E-state index contributed by atoms with van der Waals surface area (Å²) in [6, 6.07) is 8.47. The summed E-state index contributed by atoms with van der Waals surface area (Å²) in [6.07, 6.45) is 6.54. The lowest BCUT2D eigenvalue weighted by Crippen LogP contribution is -2.26. The maximum Gasteiger partial charge on any atom is 0.122 e. The number of para-hydroxylation sites is 1. The number of nitrogens with one attached hydrogen (secondary N) is 1. The minimum absolute atomic E-state index is 0.820. The predicted octanol–water partition coefficient (Wildman–Crippen LogP) is 3.65. The van der Waals surface area contributed by atoms with Crippen molar-refractivity contribution in [2.45, 2.75) is 39.0 Å². The van der Waals surface area contributed by atoms with Gasteiger partial charge in [-0.25, -0.2) is 0 Å². The van der Waals surface area contributed by atoms with Crippen molar-refractivity contribution in [1.29, 1.82) is 0 Å². The summed E-state index contributed by atoms with van der Waals surface area (Å²) in [7, 11) is 1.77. The molecule has 1 aliphatic rings. The minimum Gasteiger partial charge on any atom is -0.496 e. The predicted molar refractivity (Wildman–Crippen MR) is 80.7 cm³/mol. The molecule has 1 N–H and O–H groups in total. The van der Waals surface area contributed by atoms with E-state index in [4.69, 9.17) is 4.74 Å². The van der Waals surface area contributed by atoms with Crippen molar-refractivity contribution in [2.75, 3.05) is 20.2 Å². The lowest BCUT2D eigenvalue weighted by atomic mass is 9.89. The first-order chi connectivity index (χ1) is 9.35. The third-order valence-corrected chi connectivity index (χ3v) is 4.32. The highest BCUT2D eigenvalue weighted by atomic mass is 16.5. The van der Waals surface area contributed by atoms with Gasteiger partial charge in [0.1, 0.15) is 5.75 Å². The van der Waals surface area contributed by atoms with E-state index in [1.54, 1.807) is 7.11 Å². The lowest BCUT2D eigenvalue weighted by Gasteiger charge is -2.21. The smallest absolute Gasteiger partial charge is 0.122 e. The van der Waals surface area contributed by atoms with E-state index in [2.05, 4.69) is 36.5 Å². The zero-order valence-corrected chi connectivity index (χ0v) is 12.3. The molecule has 1 aromatic carbocycles. The molecule has 2 heteroatoms. The van der Waals surface area contributed by atoms with Crippen molar-refractivity contribution in [3.05, 3.63) is 29.8 Å². The van der Waals surface area contributed by atoms with Crippen molar-refractivity contribution in [2.24, 2.45) is 11.8 Å². The van der Waals surface area contributed by atoms with Crippen LogP contribution in [-0.2, 0) is 6.42 Å². The summed E-state index contributed by atoms with van der Waals surface area (Å²) in [4.78, 5) is 0. The maximum absolute atomic E-state index is 5.47. The van der Waals surface area contributed by atoms with Crippen molar-refractivity contribution in [3.63, 3.8) is 0 Å². The Morgan fingerprint density at radius 2 is 2.00 bits per heavy atom. The van der Waals surface area contributed by atoms with E-state index >= 15 is 0 Å². The highest BCUT2D eigenvalue weighted by Gasteiger charge is 2.27. The Kier molecular flexibility index (Phi) is 5.71. The molecule has 0 spiro atoms. The summed E-state index contributed by atoms with van der Waals surface area (Å²) in [5.74, 6) is 2.71. The first-order valence-corrected chi connectivity index (χ1v) is 7.67. The normalized spacial score (nSPS) is 22.6. The fraction of sp³-hybridized carbons (Fsp3) is 0.647. The Morgan fingerprint density at radius 1 is 1.21 bits per heavy atom. The molecule has 106 valence electrons. The van der Waals surface area contributed by atoms with Crippen LogP contribution in [0.1, 0.15) is 38.2 Å². The largest absolute Gasteiger partial charge is 0.496 e. The van der Waals surface area contributed by atoms with E-state index in [1.807, 2.05) is 0 Å². The van der Waals surface area contributed by atoms with Crippen LogP contribution in [0, 0.1) is 11.8 Å². The first-order valence-electron chi connectivity index (χ1n) is 7.67. The molecule has 19 heavy (non-hydrogen) atoms. The Labute approximate surface area is 117 Å². The third-order valence-electron chi connectivity index (χ3n) is 4.32. The third kappa shape index (κ3) is 3.97. The van der Waals surface area contributed by atoms with Crippen molar-refractivity contribution in [3.8, 4) is 5.75 Å². The van der Waals surface area contributed by atoms with Crippen LogP contribution in [0.5, 0.6) is 5.75 Å². The molecule has 0 amide bonds. The highest BCUT2D eigenvalue weighted by Crippen LogP contribution is 2.35. The molecule has 0 radical (unpaired) electrons. The molecule has 2 atom stereocenters. The van der Waals surface area contributed by atoms with Gasteiger partial charge < -0.3 is 10.1 Å². The fourth-order valence-corrected chi connectivity index (χ4v) is 3.27. The second kappa shape index (κ2) is 7.54. The van der Waals surface area contributed by atoms with Gasteiger partial charge in [0.2, 0.25) is 0 Å². The van der Waals surface area contributed by atoms with E-state index in [1.165, 1.54) is 44.2 Å². The molecule has 1 aliphatic carbocycles. The lowest BCUT2D eigenvalue weighted by molar-refractivity contribution is 0.355. The van der Waals surface area contributed by atoms with Gasteiger partial charge in [-0.1, -0.05) is 31.5 Å². The van der Waals surface area contributed by atoms with E-state index in [9.17, 15) is 0 Å². The molecular formula is C17H27NO. The zero-order chi connectivity index (χ0) is 13.5. The summed E-state index contributed by atoms with van der Waals surface area (Å²) < 4.78 is 5.47. The monoisotopic (exact) mass is 261 g/mol. The number of benzene rings is 1. The average molecular weight is 261 g/mol. The molecular weight excluding hydrogens is 234 g/mol. The molecule has 2 rings (SSSR count). The van der Waals surface area contributed by atoms with Gasteiger partial charge in [0, 0.05) is 0 Å². The molecule has 0 saturated heterocycles. The zero-order valence-electron chi connectivity index (χ0n) is 12.3. The van der Waals surface area contributed by atoms with Gasteiger partial charge in [-0.2, -0.15) is 0 Å². The fourth-order valence-electron chi connectivity index (χ4n) is 3.27. The number of hydrogen-bond donors (Lipinski definition) is 1. The van der Waals surface area contributed by atoms with Gasteiger partial charge in [-0.05, 0) is 62.2 Å². The van der Waals surface area contributed by atoms with E-state index in [0.717, 1.165) is 24.1 Å². The average Bonchev–Trinajstić information content (AvgIpc) is 2.87. The second-order valence-corrected chi connectivity index (χ2v) is 5.67. The van der Waals surface area contributed by atoms with E-state index in [0.29, 0.717) is 0 Å². The van der Waals surface area contributed by atoms with Crippen LogP contribution in [-0.4, -0.2) is 20.2 Å². The number of methoxy groups -OCH3 is 1. The number of ether oxygens (including phenoxy) is 1. The summed E-state index contributed by atoms with van der Waals surface area (Å²) in [5.41, 5.74) is 1.37. The van der Waals surface area contributed by atoms with Gasteiger partial charge >= 0.3 is 0 Å². The molecule has 1 aromatic rings. The van der Waals surface area contributed by atoms with Crippen LogP contribution >= 0.6 is 0 Å². The van der Waals surface area contributed by atoms with Crippen LogP contribution < -0.4 is 10.1 Å². The Morgan fingerprint density at radius 3 is 2.79 bits per heavy atom. The first kappa shape index (κ1) is 14.4. The summed E-state index contributed by atoms with van der Waals surface area (Å²) in [5, 5.41) is 3.59. The van der Waals surface area contributed by atoms with Gasteiger partial charge in [0.05, 0.1) is 7.11 Å². The topological polar surface area (TPSA) is 21.3 Å². The molecule has 0 heterocycles. The van der Waals surface area contributed by atoms with Crippen LogP contribution in [0.25, 0.3) is 0 Å². The minimum atomic E-state index is 0.820. The molecule has 1 saturated carbocycles. The van der Waals surface area contributed by atoms with Gasteiger partial charge in [0.15, 0.2) is 0 Å². The van der Waals surface area contributed by atoms with Gasteiger partial charge in [0.25, 0.3) is 0 Å². The summed E-state index contributed by atoms with van der Waals surface area (Å²) >= 11 is 0. The van der Waals surface area contributed by atoms with Crippen LogP contribution in [0.3, 0.4) is 0 Å². The van der Waals surface area contributed by atoms with Crippen LogP contribution in [0.2, 0.25) is 0 Å². The second-order valence-electron chi connectivity index (χ2n) is 5.67. The molecule has 0 aliphatic heterocycles. The van der Waals surface area contributed by atoms with Gasteiger partial charge in [-0.15, -0.1) is 0 Å². The number of rotatable bonds is 7. The number of hydrogen-bond acceptors (Lipinski definition) is 2. The summed E-state index contributed by atoms with van der Waals surface area (Å²) in [6.45, 7) is 4.57. The SMILES string of the molecule is CCCNCC1CCCC1Cc1ccccc1OC. The standard InChI is InChI=1S/C17H27NO/c1-3-11-18-13-16-9-6-8-14(16)12-15-7-4-5-10-17(15)19-2/h4-5,7,10,14,16,18H,3,6,8-9,11-13H2,1-2H3. The van der Waals surface area contributed by atoms with Crippen molar-refractivity contribution < 1.29 is 4.74 Å². The quantitative estimate of drug-likeness (QED) is 0.756.